The van der Waals surface area contributed by atoms with Gasteiger partial charge in [-0.1, -0.05) is 25.7 Å². The van der Waals surface area contributed by atoms with Crippen LogP contribution in [-0.2, 0) is 0 Å². The largest absolute Gasteiger partial charge is 0.229 e. The second-order valence-corrected chi connectivity index (χ2v) is 3.37. The predicted octanol–water partition coefficient (Wildman–Crippen LogP) is 2.78. The number of hydrogen-bond acceptors (Lipinski definition) is 2. The van der Waals surface area contributed by atoms with E-state index in [2.05, 4.69) is 47.5 Å². The van der Waals surface area contributed by atoms with Crippen molar-refractivity contribution in [1.29, 1.82) is 0 Å². The van der Waals surface area contributed by atoms with Gasteiger partial charge in [0.2, 0.25) is 5.82 Å². The molecule has 0 aromatic carbocycles. The van der Waals surface area contributed by atoms with Gasteiger partial charge in [0.05, 0.1) is 0 Å². The van der Waals surface area contributed by atoms with Crippen molar-refractivity contribution in [2.45, 2.75) is 39.5 Å². The molecule has 0 saturated heterocycles. The molecule has 0 aliphatic heterocycles. The molecular weight excluding hydrogens is 196 g/mol. The zero-order valence-corrected chi connectivity index (χ0v) is 9.88. The van der Waals surface area contributed by atoms with Crippen LogP contribution >= 0.6 is 0 Å². The molecule has 0 saturated carbocycles. The summed E-state index contributed by atoms with van der Waals surface area (Å²) in [5.41, 5.74) is 0.754. The van der Waals surface area contributed by atoms with Crippen LogP contribution in [0.4, 0.5) is 0 Å². The van der Waals surface area contributed by atoms with Crippen LogP contribution in [-0.4, -0.2) is 9.97 Å². The van der Waals surface area contributed by atoms with Crippen LogP contribution in [0, 0.1) is 23.7 Å². The third kappa shape index (κ3) is 4.62. The lowest BCUT2D eigenvalue weighted by Crippen LogP contribution is -1.91. The normalized spacial score (nSPS) is 8.62. The Labute approximate surface area is 97.5 Å². The molecule has 2 heteroatoms. The van der Waals surface area contributed by atoms with E-state index in [1.54, 1.807) is 6.20 Å². The Morgan fingerprint density at radius 2 is 1.75 bits per heavy atom. The van der Waals surface area contributed by atoms with Gasteiger partial charge < -0.3 is 0 Å². The second-order valence-electron chi connectivity index (χ2n) is 3.37. The highest BCUT2D eigenvalue weighted by atomic mass is 14.9. The Kier molecular flexibility index (Phi) is 5.74. The van der Waals surface area contributed by atoms with Gasteiger partial charge in [-0.3, -0.25) is 0 Å². The van der Waals surface area contributed by atoms with Crippen molar-refractivity contribution in [2.24, 2.45) is 0 Å². The minimum Gasteiger partial charge on any atom is -0.229 e. The van der Waals surface area contributed by atoms with Crippen molar-refractivity contribution in [3.8, 4) is 23.7 Å². The van der Waals surface area contributed by atoms with Gasteiger partial charge in [0, 0.05) is 19.0 Å². The standard InChI is InChI=1S/C14H16N2/c1-3-5-7-9-13-11-12-15-14(16-13)10-8-6-4-2/h11-12H,3-6H2,1-2H3. The van der Waals surface area contributed by atoms with E-state index in [0.717, 1.165) is 31.4 Å². The lowest BCUT2D eigenvalue weighted by atomic mass is 10.3. The highest BCUT2D eigenvalue weighted by Crippen LogP contribution is 1.94. The summed E-state index contributed by atoms with van der Waals surface area (Å²) < 4.78 is 0. The summed E-state index contributed by atoms with van der Waals surface area (Å²) in [6.45, 7) is 4.21. The molecule has 0 fully saturated rings. The van der Waals surface area contributed by atoms with Crippen molar-refractivity contribution in [1.82, 2.24) is 9.97 Å². The summed E-state index contributed by atoms with van der Waals surface area (Å²) in [6, 6.07) is 1.81. The van der Waals surface area contributed by atoms with E-state index in [-0.39, 0.29) is 0 Å². The van der Waals surface area contributed by atoms with Gasteiger partial charge in [0.1, 0.15) is 5.69 Å². The van der Waals surface area contributed by atoms with Gasteiger partial charge in [0.15, 0.2) is 0 Å². The van der Waals surface area contributed by atoms with E-state index in [1.165, 1.54) is 0 Å². The SMILES string of the molecule is CCCC#Cc1ccnc(C#CCCC)n1. The maximum Gasteiger partial charge on any atom is 0.206 e. The minimum absolute atomic E-state index is 0.566. The number of aromatic nitrogens is 2. The van der Waals surface area contributed by atoms with Gasteiger partial charge in [-0.05, 0) is 30.7 Å². The summed E-state index contributed by atoms with van der Waals surface area (Å²) in [5, 5.41) is 0. The molecule has 2 nitrogen and oxygen atoms in total. The molecule has 0 aliphatic carbocycles. The van der Waals surface area contributed by atoms with Gasteiger partial charge >= 0.3 is 0 Å². The molecule has 82 valence electrons. The molecule has 1 heterocycles. The zero-order valence-electron chi connectivity index (χ0n) is 9.88. The smallest absolute Gasteiger partial charge is 0.206 e. The fraction of sp³-hybridized carbons (Fsp3) is 0.429. The first kappa shape index (κ1) is 12.3. The van der Waals surface area contributed by atoms with E-state index in [4.69, 9.17) is 0 Å². The zero-order chi connectivity index (χ0) is 11.6. The highest BCUT2D eigenvalue weighted by molar-refractivity contribution is 5.30. The molecule has 0 spiro atoms. The first-order chi connectivity index (χ1) is 7.86. The lowest BCUT2D eigenvalue weighted by Gasteiger charge is -1.90. The van der Waals surface area contributed by atoms with Crippen LogP contribution in [0.3, 0.4) is 0 Å². The van der Waals surface area contributed by atoms with Crippen molar-refractivity contribution in [2.75, 3.05) is 0 Å². The Hall–Kier alpha value is -1.80. The van der Waals surface area contributed by atoms with Crippen LogP contribution in [0.2, 0.25) is 0 Å². The second kappa shape index (κ2) is 7.49. The first-order valence-electron chi connectivity index (χ1n) is 5.67. The molecule has 1 rings (SSSR count). The van der Waals surface area contributed by atoms with E-state index in [9.17, 15) is 0 Å². The summed E-state index contributed by atoms with van der Waals surface area (Å²) in [4.78, 5) is 8.34. The van der Waals surface area contributed by atoms with Crippen molar-refractivity contribution >= 4 is 0 Å². The molecular formula is C14H16N2. The fourth-order valence-corrected chi connectivity index (χ4v) is 1.03. The minimum atomic E-state index is 0.566. The molecule has 0 radical (unpaired) electrons. The van der Waals surface area contributed by atoms with Gasteiger partial charge in [-0.2, -0.15) is 0 Å². The van der Waals surface area contributed by atoms with E-state index in [0.29, 0.717) is 5.82 Å². The molecule has 0 aliphatic rings. The summed E-state index contributed by atoms with van der Waals surface area (Å²) >= 11 is 0. The van der Waals surface area contributed by atoms with Gasteiger partial charge in [0.25, 0.3) is 0 Å². The Morgan fingerprint density at radius 1 is 1.06 bits per heavy atom. The van der Waals surface area contributed by atoms with Crippen LogP contribution in [0.1, 0.15) is 51.0 Å². The number of nitrogens with zero attached hydrogens (tertiary/aromatic N) is 2. The monoisotopic (exact) mass is 212 g/mol. The maximum absolute atomic E-state index is 4.26. The van der Waals surface area contributed by atoms with E-state index >= 15 is 0 Å². The number of hydrogen-bond donors (Lipinski definition) is 0. The summed E-state index contributed by atoms with van der Waals surface area (Å²) in [5.74, 6) is 12.6. The van der Waals surface area contributed by atoms with E-state index < -0.39 is 0 Å². The summed E-state index contributed by atoms with van der Waals surface area (Å²) in [6.07, 6.45) is 5.62. The average molecular weight is 212 g/mol. The Morgan fingerprint density at radius 3 is 2.44 bits per heavy atom. The number of rotatable bonds is 2. The van der Waals surface area contributed by atoms with Gasteiger partial charge in [-0.15, -0.1) is 0 Å². The molecule has 0 unspecified atom stereocenters. The Bertz CT molecular complexity index is 402. The highest BCUT2D eigenvalue weighted by Gasteiger charge is 1.91. The van der Waals surface area contributed by atoms with Crippen LogP contribution in [0.25, 0.3) is 0 Å². The molecule has 0 N–H and O–H groups in total. The molecule has 1 aromatic rings. The number of unbranched alkanes of at least 4 members (excludes halogenated alkanes) is 2. The molecule has 0 bridgehead atoms. The quantitative estimate of drug-likeness (QED) is 0.704. The maximum atomic E-state index is 4.26. The average Bonchev–Trinajstić information content (AvgIpc) is 2.30. The Balaban J connectivity index is 2.73. The van der Waals surface area contributed by atoms with Crippen LogP contribution in [0.15, 0.2) is 12.3 Å². The fourth-order valence-electron chi connectivity index (χ4n) is 1.03. The molecule has 1 aromatic heterocycles. The molecule has 0 atom stereocenters. The van der Waals surface area contributed by atoms with Crippen molar-refractivity contribution in [3.05, 3.63) is 23.8 Å². The molecule has 0 amide bonds. The van der Waals surface area contributed by atoms with Crippen LogP contribution < -0.4 is 0 Å². The van der Waals surface area contributed by atoms with E-state index in [1.807, 2.05) is 6.07 Å². The van der Waals surface area contributed by atoms with Gasteiger partial charge in [-0.25, -0.2) is 9.97 Å². The lowest BCUT2D eigenvalue weighted by molar-refractivity contribution is 0.980. The van der Waals surface area contributed by atoms with Crippen molar-refractivity contribution in [3.63, 3.8) is 0 Å². The molecule has 16 heavy (non-hydrogen) atoms. The topological polar surface area (TPSA) is 25.8 Å². The predicted molar refractivity (Wildman–Crippen MR) is 65.6 cm³/mol. The first-order valence-corrected chi connectivity index (χ1v) is 5.67. The third-order valence-corrected chi connectivity index (χ3v) is 1.82. The summed E-state index contributed by atoms with van der Waals surface area (Å²) in [7, 11) is 0. The third-order valence-electron chi connectivity index (χ3n) is 1.82. The van der Waals surface area contributed by atoms with Crippen molar-refractivity contribution < 1.29 is 0 Å². The van der Waals surface area contributed by atoms with Crippen LogP contribution in [0.5, 0.6) is 0 Å².